The second kappa shape index (κ2) is 3.25. The average Bonchev–Trinajstić information content (AvgIpc) is 2.56. The predicted molar refractivity (Wildman–Crippen MR) is 56.9 cm³/mol. The van der Waals surface area contributed by atoms with E-state index < -0.39 is 0 Å². The molecule has 0 radical (unpaired) electrons. The second-order valence-corrected chi connectivity index (χ2v) is 4.39. The molecule has 0 amide bonds. The standard InChI is InChI=1S/C13H16O/c1-3-10-5-6-11-7-8-12(14)9-13(10,11)4-2/h4,11H,1-2,5-9H2/t11-,13-/m1/s1. The van der Waals surface area contributed by atoms with E-state index in [2.05, 4.69) is 18.9 Å². The van der Waals surface area contributed by atoms with Gasteiger partial charge in [-0.1, -0.05) is 12.7 Å². The molecule has 1 heteroatoms. The van der Waals surface area contributed by atoms with E-state index >= 15 is 0 Å². The summed E-state index contributed by atoms with van der Waals surface area (Å²) >= 11 is 0. The molecular formula is C13H16O. The van der Waals surface area contributed by atoms with E-state index in [1.54, 1.807) is 0 Å². The lowest BCUT2D eigenvalue weighted by molar-refractivity contribution is -0.123. The fourth-order valence-electron chi connectivity index (χ4n) is 3.07. The number of ketones is 1. The molecule has 0 N–H and O–H groups in total. The van der Waals surface area contributed by atoms with Crippen LogP contribution in [-0.4, -0.2) is 5.78 Å². The minimum Gasteiger partial charge on any atom is -0.300 e. The first-order chi connectivity index (χ1) is 6.73. The number of Topliss-reactive ketones (excluding diaryl/α,β-unsaturated/α-hetero) is 1. The van der Waals surface area contributed by atoms with Crippen molar-refractivity contribution < 1.29 is 4.79 Å². The first-order valence-corrected chi connectivity index (χ1v) is 5.27. The highest BCUT2D eigenvalue weighted by Gasteiger charge is 2.47. The van der Waals surface area contributed by atoms with Crippen molar-refractivity contribution in [3.63, 3.8) is 0 Å². The molecule has 0 bridgehead atoms. The quantitative estimate of drug-likeness (QED) is 0.456. The van der Waals surface area contributed by atoms with Gasteiger partial charge in [-0.2, -0.15) is 0 Å². The van der Waals surface area contributed by atoms with Gasteiger partial charge in [-0.15, -0.1) is 12.3 Å². The van der Waals surface area contributed by atoms with Gasteiger partial charge in [-0.05, 0) is 30.8 Å². The topological polar surface area (TPSA) is 17.1 Å². The van der Waals surface area contributed by atoms with Gasteiger partial charge in [0.05, 0.1) is 0 Å². The molecule has 0 aromatic heterocycles. The molecule has 0 saturated heterocycles. The summed E-state index contributed by atoms with van der Waals surface area (Å²) in [7, 11) is 0. The van der Waals surface area contributed by atoms with E-state index in [1.165, 1.54) is 12.0 Å². The van der Waals surface area contributed by atoms with Crippen LogP contribution in [0.4, 0.5) is 0 Å². The van der Waals surface area contributed by atoms with Crippen molar-refractivity contribution in [3.8, 4) is 0 Å². The van der Waals surface area contributed by atoms with Gasteiger partial charge in [0, 0.05) is 18.3 Å². The molecule has 0 spiro atoms. The molecule has 0 aliphatic heterocycles. The summed E-state index contributed by atoms with van der Waals surface area (Å²) in [6, 6.07) is 0. The van der Waals surface area contributed by atoms with Crippen LogP contribution in [0.2, 0.25) is 0 Å². The number of allylic oxidation sites excluding steroid dienone is 2. The maximum atomic E-state index is 11.5. The van der Waals surface area contributed by atoms with E-state index in [4.69, 9.17) is 0 Å². The highest BCUT2D eigenvalue weighted by Crippen LogP contribution is 2.54. The van der Waals surface area contributed by atoms with Crippen LogP contribution in [0.25, 0.3) is 0 Å². The van der Waals surface area contributed by atoms with E-state index in [9.17, 15) is 4.79 Å². The van der Waals surface area contributed by atoms with Crippen molar-refractivity contribution in [1.82, 2.24) is 0 Å². The van der Waals surface area contributed by atoms with Crippen molar-refractivity contribution in [3.05, 3.63) is 30.5 Å². The van der Waals surface area contributed by atoms with E-state index in [0.717, 1.165) is 19.3 Å². The normalized spacial score (nSPS) is 36.4. The Morgan fingerprint density at radius 1 is 1.43 bits per heavy atom. The summed E-state index contributed by atoms with van der Waals surface area (Å²) in [5.41, 5.74) is 4.16. The first kappa shape index (κ1) is 9.48. The lowest BCUT2D eigenvalue weighted by Crippen LogP contribution is -2.32. The Bertz CT molecular complexity index is 333. The number of hydrogen-bond donors (Lipinski definition) is 0. The zero-order chi connectivity index (χ0) is 10.2. The smallest absolute Gasteiger partial charge is 0.134 e. The third kappa shape index (κ3) is 1.13. The number of hydrogen-bond acceptors (Lipinski definition) is 1. The number of fused-ring (bicyclic) bond motifs is 1. The van der Waals surface area contributed by atoms with Gasteiger partial charge in [0.15, 0.2) is 0 Å². The summed E-state index contributed by atoms with van der Waals surface area (Å²) in [6.07, 6.45) is 6.61. The summed E-state index contributed by atoms with van der Waals surface area (Å²) in [5, 5.41) is 0. The van der Waals surface area contributed by atoms with Gasteiger partial charge in [0.25, 0.3) is 0 Å². The molecule has 2 rings (SSSR count). The summed E-state index contributed by atoms with van der Waals surface area (Å²) in [5.74, 6) is 0.984. The maximum absolute atomic E-state index is 11.5. The van der Waals surface area contributed by atoms with Gasteiger partial charge >= 0.3 is 0 Å². The maximum Gasteiger partial charge on any atom is 0.134 e. The van der Waals surface area contributed by atoms with Crippen molar-refractivity contribution in [2.24, 2.45) is 11.3 Å². The molecule has 2 atom stereocenters. The van der Waals surface area contributed by atoms with Gasteiger partial charge < -0.3 is 0 Å². The molecule has 0 unspecified atom stereocenters. The lowest BCUT2D eigenvalue weighted by Gasteiger charge is -2.36. The molecule has 2 saturated carbocycles. The van der Waals surface area contributed by atoms with Gasteiger partial charge in [0.2, 0.25) is 0 Å². The molecular weight excluding hydrogens is 172 g/mol. The zero-order valence-electron chi connectivity index (χ0n) is 8.51. The third-order valence-electron chi connectivity index (χ3n) is 3.87. The molecule has 2 fully saturated rings. The summed E-state index contributed by atoms with van der Waals surface area (Å²) in [4.78, 5) is 11.5. The largest absolute Gasteiger partial charge is 0.300 e. The highest BCUT2D eigenvalue weighted by atomic mass is 16.1. The number of carbonyl (C=O) groups excluding carboxylic acids is 1. The van der Waals surface area contributed by atoms with Crippen molar-refractivity contribution >= 4 is 5.78 Å². The fourth-order valence-corrected chi connectivity index (χ4v) is 3.07. The Balaban J connectivity index is 2.43. The Morgan fingerprint density at radius 3 is 2.79 bits per heavy atom. The van der Waals surface area contributed by atoms with Crippen LogP contribution in [0.5, 0.6) is 0 Å². The van der Waals surface area contributed by atoms with E-state index in [-0.39, 0.29) is 5.41 Å². The van der Waals surface area contributed by atoms with Crippen LogP contribution in [-0.2, 0) is 4.79 Å². The minimum absolute atomic E-state index is 0.0723. The molecule has 0 aromatic carbocycles. The number of rotatable bonds is 1. The van der Waals surface area contributed by atoms with Crippen LogP contribution < -0.4 is 0 Å². The molecule has 2 aliphatic rings. The van der Waals surface area contributed by atoms with Crippen molar-refractivity contribution in [2.75, 3.05) is 0 Å². The van der Waals surface area contributed by atoms with E-state index in [0.29, 0.717) is 18.1 Å². The highest BCUT2D eigenvalue weighted by molar-refractivity contribution is 5.81. The summed E-state index contributed by atoms with van der Waals surface area (Å²) in [6.45, 7) is 7.64. The third-order valence-corrected chi connectivity index (χ3v) is 3.87. The predicted octanol–water partition coefficient (Wildman–Crippen LogP) is 3.03. The zero-order valence-corrected chi connectivity index (χ0v) is 8.51. The number of carbonyl (C=O) groups is 1. The van der Waals surface area contributed by atoms with E-state index in [1.807, 2.05) is 6.08 Å². The summed E-state index contributed by atoms with van der Waals surface area (Å²) < 4.78 is 0. The average molecular weight is 188 g/mol. The first-order valence-electron chi connectivity index (χ1n) is 5.27. The van der Waals surface area contributed by atoms with Crippen LogP contribution in [0.15, 0.2) is 30.5 Å². The molecule has 2 aliphatic carbocycles. The second-order valence-electron chi connectivity index (χ2n) is 4.39. The van der Waals surface area contributed by atoms with Crippen molar-refractivity contribution in [1.29, 1.82) is 0 Å². The SMILES string of the molecule is C=C=C1CC[C@@H]2CCC(=O)C[C@]12C=C. The van der Waals surface area contributed by atoms with Crippen LogP contribution in [0.3, 0.4) is 0 Å². The Hall–Kier alpha value is -1.07. The minimum atomic E-state index is -0.0723. The molecule has 0 aromatic rings. The molecule has 0 heterocycles. The van der Waals surface area contributed by atoms with Crippen LogP contribution >= 0.6 is 0 Å². The Kier molecular flexibility index (Phi) is 2.20. The van der Waals surface area contributed by atoms with Crippen LogP contribution in [0, 0.1) is 11.3 Å². The molecule has 74 valence electrons. The molecule has 14 heavy (non-hydrogen) atoms. The Morgan fingerprint density at radius 2 is 2.14 bits per heavy atom. The van der Waals surface area contributed by atoms with Gasteiger partial charge in [-0.3, -0.25) is 4.79 Å². The van der Waals surface area contributed by atoms with Gasteiger partial charge in [0.1, 0.15) is 5.78 Å². The molecule has 1 nitrogen and oxygen atoms in total. The monoisotopic (exact) mass is 188 g/mol. The lowest BCUT2D eigenvalue weighted by atomic mass is 9.66. The Labute approximate surface area is 85.2 Å². The van der Waals surface area contributed by atoms with Crippen LogP contribution in [0.1, 0.15) is 32.1 Å². The van der Waals surface area contributed by atoms with Gasteiger partial charge in [-0.25, -0.2) is 0 Å². The fraction of sp³-hybridized carbons (Fsp3) is 0.538. The van der Waals surface area contributed by atoms with Crippen molar-refractivity contribution in [2.45, 2.75) is 32.1 Å².